The molecule has 0 heterocycles. The molecule has 0 radical (unpaired) electrons. The number of rotatable bonds is 6. The molecule has 0 aromatic heterocycles. The summed E-state index contributed by atoms with van der Waals surface area (Å²) in [4.78, 5) is 0. The van der Waals surface area contributed by atoms with Gasteiger partial charge in [0, 0.05) is 24.7 Å². The van der Waals surface area contributed by atoms with E-state index in [-0.39, 0.29) is 0 Å². The van der Waals surface area contributed by atoms with Crippen molar-refractivity contribution in [2.24, 2.45) is 0 Å². The first-order valence-electron chi connectivity index (χ1n) is 8.19. The van der Waals surface area contributed by atoms with Crippen LogP contribution in [0.2, 0.25) is 5.02 Å². The molecule has 0 saturated carbocycles. The first-order valence-corrected chi connectivity index (χ1v) is 8.57. The quantitative estimate of drug-likeness (QED) is 0.727. The van der Waals surface area contributed by atoms with Gasteiger partial charge in [0.05, 0.1) is 11.4 Å². The summed E-state index contributed by atoms with van der Waals surface area (Å²) >= 11 is 6.22. The Morgan fingerprint density at radius 3 is 2.33 bits per heavy atom. The number of nitrogens with one attached hydrogen (secondary N) is 1. The number of hydrazine groups is 2. The van der Waals surface area contributed by atoms with Crippen molar-refractivity contribution in [3.8, 4) is 0 Å². The van der Waals surface area contributed by atoms with Gasteiger partial charge in [0.2, 0.25) is 0 Å². The molecule has 3 nitrogen and oxygen atoms in total. The van der Waals surface area contributed by atoms with Gasteiger partial charge in [0.25, 0.3) is 0 Å². The Morgan fingerprint density at radius 1 is 1.08 bits per heavy atom. The van der Waals surface area contributed by atoms with Crippen molar-refractivity contribution in [3.63, 3.8) is 0 Å². The van der Waals surface area contributed by atoms with Crippen LogP contribution in [0.4, 0.5) is 5.69 Å². The molecular weight excluding hydrogens is 318 g/mol. The SMILES string of the molecule is CC/C=C(/NN(c1ccc(C)cc1)N(C)C)c1cc(Cl)ccc1C. The summed E-state index contributed by atoms with van der Waals surface area (Å²) < 4.78 is 0. The van der Waals surface area contributed by atoms with Crippen LogP contribution in [-0.2, 0) is 0 Å². The Balaban J connectivity index is 2.38. The third-order valence-electron chi connectivity index (χ3n) is 3.80. The lowest BCUT2D eigenvalue weighted by Gasteiger charge is -2.33. The van der Waals surface area contributed by atoms with Crippen molar-refractivity contribution in [1.82, 2.24) is 10.4 Å². The second kappa shape index (κ2) is 8.22. The van der Waals surface area contributed by atoms with Gasteiger partial charge in [0.15, 0.2) is 0 Å². The molecule has 0 amide bonds. The van der Waals surface area contributed by atoms with Crippen molar-refractivity contribution < 1.29 is 0 Å². The van der Waals surface area contributed by atoms with E-state index in [1.807, 2.05) is 36.4 Å². The van der Waals surface area contributed by atoms with Gasteiger partial charge in [-0.05, 0) is 50.1 Å². The molecule has 0 bridgehead atoms. The summed E-state index contributed by atoms with van der Waals surface area (Å²) in [7, 11) is 4.03. The van der Waals surface area contributed by atoms with Gasteiger partial charge in [0.1, 0.15) is 0 Å². The van der Waals surface area contributed by atoms with Crippen molar-refractivity contribution in [2.45, 2.75) is 27.2 Å². The minimum atomic E-state index is 0.742. The van der Waals surface area contributed by atoms with E-state index in [0.717, 1.165) is 28.4 Å². The molecule has 0 fully saturated rings. The molecule has 2 rings (SSSR count). The van der Waals surface area contributed by atoms with E-state index < -0.39 is 0 Å². The number of benzene rings is 2. The molecule has 0 aliphatic heterocycles. The zero-order valence-corrected chi connectivity index (χ0v) is 15.9. The number of aryl methyl sites for hydroxylation is 2. The predicted molar refractivity (Wildman–Crippen MR) is 105 cm³/mol. The number of halogens is 1. The van der Waals surface area contributed by atoms with E-state index in [1.54, 1.807) is 0 Å². The van der Waals surface area contributed by atoms with E-state index in [4.69, 9.17) is 11.6 Å². The lowest BCUT2D eigenvalue weighted by molar-refractivity contribution is 0.347. The lowest BCUT2D eigenvalue weighted by Crippen LogP contribution is -2.46. The standard InChI is InChI=1S/C20H26ClN3/c1-6-7-20(19-14-17(21)11-10-16(19)3)22-24(23(4)5)18-12-8-15(2)9-13-18/h7-14,22H,6H2,1-5H3/b20-7+. The molecule has 0 unspecified atom stereocenters. The average Bonchev–Trinajstić information content (AvgIpc) is 2.54. The fourth-order valence-corrected chi connectivity index (χ4v) is 2.67. The molecule has 4 heteroatoms. The molecule has 2 aromatic rings. The molecule has 0 saturated heterocycles. The summed E-state index contributed by atoms with van der Waals surface area (Å²) in [6, 6.07) is 14.4. The summed E-state index contributed by atoms with van der Waals surface area (Å²) in [6.45, 7) is 6.32. The summed E-state index contributed by atoms with van der Waals surface area (Å²) in [5.41, 5.74) is 9.21. The molecule has 0 atom stereocenters. The van der Waals surface area contributed by atoms with Crippen LogP contribution >= 0.6 is 11.6 Å². The van der Waals surface area contributed by atoms with Crippen LogP contribution in [0, 0.1) is 13.8 Å². The van der Waals surface area contributed by atoms with Crippen molar-refractivity contribution >= 4 is 23.0 Å². The van der Waals surface area contributed by atoms with E-state index in [2.05, 4.69) is 62.6 Å². The van der Waals surface area contributed by atoms with Crippen molar-refractivity contribution in [1.29, 1.82) is 0 Å². The van der Waals surface area contributed by atoms with Crippen LogP contribution in [-0.4, -0.2) is 19.1 Å². The second-order valence-corrected chi connectivity index (χ2v) is 6.53. The van der Waals surface area contributed by atoms with Crippen LogP contribution in [0.25, 0.3) is 5.70 Å². The zero-order chi connectivity index (χ0) is 17.7. The fraction of sp³-hybridized carbons (Fsp3) is 0.300. The molecule has 2 aromatic carbocycles. The van der Waals surface area contributed by atoms with Crippen molar-refractivity contribution in [2.75, 3.05) is 19.2 Å². The van der Waals surface area contributed by atoms with Crippen LogP contribution in [0.1, 0.15) is 30.0 Å². The highest BCUT2D eigenvalue weighted by Gasteiger charge is 2.13. The molecule has 0 aliphatic rings. The molecule has 0 spiro atoms. The van der Waals surface area contributed by atoms with Crippen molar-refractivity contribution in [3.05, 3.63) is 70.3 Å². The lowest BCUT2D eigenvalue weighted by atomic mass is 10.1. The maximum Gasteiger partial charge on any atom is 0.0759 e. The number of hydrogen-bond acceptors (Lipinski definition) is 3. The molecule has 128 valence electrons. The second-order valence-electron chi connectivity index (χ2n) is 6.09. The van der Waals surface area contributed by atoms with Gasteiger partial charge in [-0.25, -0.2) is 10.1 Å². The minimum Gasteiger partial charge on any atom is -0.283 e. The molecule has 1 N–H and O–H groups in total. The first-order chi connectivity index (χ1) is 11.4. The zero-order valence-electron chi connectivity index (χ0n) is 15.1. The predicted octanol–water partition coefficient (Wildman–Crippen LogP) is 5.20. The third kappa shape index (κ3) is 4.53. The summed E-state index contributed by atoms with van der Waals surface area (Å²) in [5.74, 6) is 0. The first kappa shape index (κ1) is 18.4. The summed E-state index contributed by atoms with van der Waals surface area (Å²) in [5, 5.41) is 4.79. The highest BCUT2D eigenvalue weighted by Crippen LogP contribution is 2.24. The highest BCUT2D eigenvalue weighted by molar-refractivity contribution is 6.30. The third-order valence-corrected chi connectivity index (χ3v) is 4.04. The van der Waals surface area contributed by atoms with Crippen LogP contribution in [0.15, 0.2) is 48.5 Å². The van der Waals surface area contributed by atoms with E-state index in [9.17, 15) is 0 Å². The summed E-state index contributed by atoms with van der Waals surface area (Å²) in [6.07, 6.45) is 3.12. The van der Waals surface area contributed by atoms with Gasteiger partial charge >= 0.3 is 0 Å². The topological polar surface area (TPSA) is 18.5 Å². The van der Waals surface area contributed by atoms with Crippen LogP contribution in [0.3, 0.4) is 0 Å². The van der Waals surface area contributed by atoms with E-state index in [0.29, 0.717) is 0 Å². The maximum atomic E-state index is 6.22. The largest absolute Gasteiger partial charge is 0.283 e. The Bertz CT molecular complexity index is 705. The van der Waals surface area contributed by atoms with E-state index in [1.165, 1.54) is 11.1 Å². The minimum absolute atomic E-state index is 0.742. The van der Waals surface area contributed by atoms with Gasteiger partial charge in [-0.15, -0.1) is 0 Å². The van der Waals surface area contributed by atoms with Gasteiger partial charge in [-0.1, -0.05) is 48.4 Å². The Hall–Kier alpha value is -1.97. The molecular formula is C20H26ClN3. The Kier molecular flexibility index (Phi) is 6.29. The van der Waals surface area contributed by atoms with Crippen LogP contribution in [0.5, 0.6) is 0 Å². The Morgan fingerprint density at radius 2 is 1.75 bits per heavy atom. The van der Waals surface area contributed by atoms with Gasteiger partial charge in [-0.2, -0.15) is 0 Å². The number of hydrogen-bond donors (Lipinski definition) is 1. The fourth-order valence-electron chi connectivity index (χ4n) is 2.50. The number of allylic oxidation sites excluding steroid dienone is 1. The number of anilines is 1. The smallest absolute Gasteiger partial charge is 0.0759 e. The maximum absolute atomic E-state index is 6.22. The van der Waals surface area contributed by atoms with Crippen LogP contribution < -0.4 is 10.5 Å². The van der Waals surface area contributed by atoms with E-state index >= 15 is 0 Å². The normalized spacial score (nSPS) is 11.7. The van der Waals surface area contributed by atoms with Gasteiger partial charge < -0.3 is 0 Å². The monoisotopic (exact) mass is 343 g/mol. The molecule has 0 aliphatic carbocycles. The van der Waals surface area contributed by atoms with Gasteiger partial charge in [-0.3, -0.25) is 5.43 Å². The highest BCUT2D eigenvalue weighted by atomic mass is 35.5. The Labute approximate surface area is 150 Å². The average molecular weight is 344 g/mol. The molecule has 24 heavy (non-hydrogen) atoms. The number of nitrogens with zero attached hydrogens (tertiary/aromatic N) is 2.